The van der Waals surface area contributed by atoms with Gasteiger partial charge in [0.2, 0.25) is 0 Å². The molecule has 2 aromatic heterocycles. The molecule has 3 aromatic rings. The van der Waals surface area contributed by atoms with Crippen LogP contribution >= 0.6 is 23.2 Å². The lowest BCUT2D eigenvalue weighted by Crippen LogP contribution is -2.32. The van der Waals surface area contributed by atoms with Gasteiger partial charge in [-0.15, -0.1) is 0 Å². The Morgan fingerprint density at radius 1 is 1.19 bits per heavy atom. The maximum atomic E-state index is 11.7. The number of amides is 2. The molecule has 0 unspecified atom stereocenters. The molecule has 3 heterocycles. The molecule has 0 atom stereocenters. The molecule has 0 spiro atoms. The van der Waals surface area contributed by atoms with Crippen molar-refractivity contribution in [1.29, 1.82) is 0 Å². The number of H-pyrrole nitrogens is 1. The van der Waals surface area contributed by atoms with Crippen molar-refractivity contribution >= 4 is 35.1 Å². The van der Waals surface area contributed by atoms with Crippen LogP contribution in [-0.4, -0.2) is 52.1 Å². The average molecular weight is 457 g/mol. The van der Waals surface area contributed by atoms with Crippen LogP contribution in [0.2, 0.25) is 10.0 Å². The molecule has 2 amide bonds. The maximum absolute atomic E-state index is 11.7. The summed E-state index contributed by atoms with van der Waals surface area (Å²) in [6.07, 6.45) is 4.04. The minimum absolute atomic E-state index is 0.0179. The number of rotatable bonds is 7. The van der Waals surface area contributed by atoms with Crippen molar-refractivity contribution in [3.05, 3.63) is 52.4 Å². The Balaban J connectivity index is 1.42. The lowest BCUT2D eigenvalue weighted by atomic mass is 10.1. The monoisotopic (exact) mass is 456 g/mol. The van der Waals surface area contributed by atoms with Gasteiger partial charge in [0.15, 0.2) is 0 Å². The van der Waals surface area contributed by atoms with E-state index in [0.29, 0.717) is 35.6 Å². The summed E-state index contributed by atoms with van der Waals surface area (Å²) < 4.78 is 0. The third-order valence-electron chi connectivity index (χ3n) is 5.55. The fourth-order valence-electron chi connectivity index (χ4n) is 3.75. The summed E-state index contributed by atoms with van der Waals surface area (Å²) >= 11 is 12.7. The van der Waals surface area contributed by atoms with Gasteiger partial charge in [-0.25, -0.2) is 14.8 Å². The second-order valence-corrected chi connectivity index (χ2v) is 8.66. The van der Waals surface area contributed by atoms with Crippen molar-refractivity contribution < 1.29 is 4.79 Å². The molecule has 3 N–H and O–H groups in total. The highest BCUT2D eigenvalue weighted by Crippen LogP contribution is 2.43. The molecule has 1 aromatic carbocycles. The normalized spacial score (nSPS) is 15.9. The van der Waals surface area contributed by atoms with E-state index in [-0.39, 0.29) is 6.03 Å². The van der Waals surface area contributed by atoms with E-state index < -0.39 is 0 Å². The SMILES string of the molecule is O=C1NCCN1CCNc1cc(-c2nc(C3CC3)[nH]c2-c2cc(Cl)ccc2Cl)ccn1. The highest BCUT2D eigenvalue weighted by atomic mass is 35.5. The van der Waals surface area contributed by atoms with Crippen LogP contribution in [0.15, 0.2) is 36.5 Å². The van der Waals surface area contributed by atoms with Crippen LogP contribution in [0.1, 0.15) is 24.6 Å². The number of anilines is 1. The third-order valence-corrected chi connectivity index (χ3v) is 6.11. The molecule has 31 heavy (non-hydrogen) atoms. The number of pyridine rings is 1. The summed E-state index contributed by atoms with van der Waals surface area (Å²) in [5.41, 5.74) is 3.45. The molecule has 2 fully saturated rings. The first-order valence-corrected chi connectivity index (χ1v) is 11.1. The molecule has 9 heteroatoms. The molecule has 7 nitrogen and oxygen atoms in total. The summed E-state index contributed by atoms with van der Waals surface area (Å²) in [6, 6.07) is 9.33. The quantitative estimate of drug-likeness (QED) is 0.478. The zero-order valence-corrected chi connectivity index (χ0v) is 18.3. The van der Waals surface area contributed by atoms with Gasteiger partial charge in [-0.2, -0.15) is 0 Å². The van der Waals surface area contributed by atoms with Crippen LogP contribution in [0.3, 0.4) is 0 Å². The zero-order valence-electron chi connectivity index (χ0n) is 16.8. The van der Waals surface area contributed by atoms with Gasteiger partial charge >= 0.3 is 6.03 Å². The summed E-state index contributed by atoms with van der Waals surface area (Å²) in [5, 5.41) is 7.35. The van der Waals surface area contributed by atoms with Crippen LogP contribution in [0, 0.1) is 0 Å². The van der Waals surface area contributed by atoms with E-state index in [1.807, 2.05) is 18.2 Å². The van der Waals surface area contributed by atoms with Gasteiger partial charge in [-0.1, -0.05) is 23.2 Å². The number of carbonyl (C=O) groups excluding carboxylic acids is 1. The number of urea groups is 1. The van der Waals surface area contributed by atoms with E-state index in [9.17, 15) is 4.79 Å². The Morgan fingerprint density at radius 2 is 2.06 bits per heavy atom. The number of hydrogen-bond donors (Lipinski definition) is 3. The van der Waals surface area contributed by atoms with Crippen molar-refractivity contribution in [2.45, 2.75) is 18.8 Å². The van der Waals surface area contributed by atoms with Gasteiger partial charge in [0, 0.05) is 54.4 Å². The number of hydrogen-bond acceptors (Lipinski definition) is 4. The minimum atomic E-state index is -0.0179. The lowest BCUT2D eigenvalue weighted by molar-refractivity contribution is 0.219. The van der Waals surface area contributed by atoms with Crippen molar-refractivity contribution in [2.24, 2.45) is 0 Å². The maximum Gasteiger partial charge on any atom is 0.317 e. The van der Waals surface area contributed by atoms with Crippen molar-refractivity contribution in [1.82, 2.24) is 25.2 Å². The van der Waals surface area contributed by atoms with Gasteiger partial charge in [0.1, 0.15) is 11.6 Å². The second kappa shape index (κ2) is 8.40. The summed E-state index contributed by atoms with van der Waals surface area (Å²) in [5.74, 6) is 2.18. The third kappa shape index (κ3) is 4.34. The van der Waals surface area contributed by atoms with Crippen LogP contribution in [0.4, 0.5) is 10.6 Å². The zero-order chi connectivity index (χ0) is 21.4. The highest BCUT2D eigenvalue weighted by Gasteiger charge is 2.29. The molecule has 1 aliphatic heterocycles. The molecular formula is C22H22Cl2N6O. The number of benzene rings is 1. The minimum Gasteiger partial charge on any atom is -0.368 e. The van der Waals surface area contributed by atoms with Crippen LogP contribution in [0.25, 0.3) is 22.5 Å². The molecule has 1 saturated heterocycles. The Hall–Kier alpha value is -2.77. The number of aromatic amines is 1. The predicted molar refractivity (Wildman–Crippen MR) is 123 cm³/mol. The number of aromatic nitrogens is 3. The standard InChI is InChI=1S/C22H22Cl2N6O/c23-15-3-4-17(24)16(12-15)20-19(28-21(29-20)13-1-2-13)14-5-6-25-18(11-14)26-7-9-30-10-8-27-22(30)31/h3-6,11-13H,1-2,7-10H2,(H,25,26)(H,27,31)(H,28,29). The summed E-state index contributed by atoms with van der Waals surface area (Å²) in [6.45, 7) is 2.67. The summed E-state index contributed by atoms with van der Waals surface area (Å²) in [4.78, 5) is 26.3. The Kier molecular flexibility index (Phi) is 5.46. The van der Waals surface area contributed by atoms with Crippen LogP contribution < -0.4 is 10.6 Å². The first-order valence-electron chi connectivity index (χ1n) is 10.4. The Morgan fingerprint density at radius 3 is 2.84 bits per heavy atom. The van der Waals surface area contributed by atoms with E-state index in [1.165, 1.54) is 0 Å². The molecular weight excluding hydrogens is 435 g/mol. The Labute approximate surface area is 190 Å². The topological polar surface area (TPSA) is 85.9 Å². The van der Waals surface area contributed by atoms with E-state index in [1.54, 1.807) is 23.2 Å². The number of imidazole rings is 1. The first kappa shape index (κ1) is 20.2. The summed E-state index contributed by atoms with van der Waals surface area (Å²) in [7, 11) is 0. The predicted octanol–water partition coefficient (Wildman–Crippen LogP) is 4.76. The van der Waals surface area contributed by atoms with Crippen molar-refractivity contribution in [3.63, 3.8) is 0 Å². The van der Waals surface area contributed by atoms with Gasteiger partial charge in [-0.05, 0) is 43.2 Å². The molecule has 1 aliphatic carbocycles. The first-order chi connectivity index (χ1) is 15.1. The fourth-order valence-corrected chi connectivity index (χ4v) is 4.14. The van der Waals surface area contributed by atoms with E-state index in [2.05, 4.69) is 20.6 Å². The fraction of sp³-hybridized carbons (Fsp3) is 0.318. The van der Waals surface area contributed by atoms with Crippen molar-refractivity contribution in [2.75, 3.05) is 31.5 Å². The second-order valence-electron chi connectivity index (χ2n) is 7.82. The van der Waals surface area contributed by atoms with Crippen LogP contribution in [0.5, 0.6) is 0 Å². The molecule has 0 radical (unpaired) electrons. The molecule has 5 rings (SSSR count). The number of nitrogens with zero attached hydrogens (tertiary/aromatic N) is 3. The van der Waals surface area contributed by atoms with Gasteiger partial charge in [0.25, 0.3) is 0 Å². The van der Waals surface area contributed by atoms with Crippen LogP contribution in [-0.2, 0) is 0 Å². The molecule has 2 aliphatic rings. The Bertz CT molecular complexity index is 1130. The van der Waals surface area contributed by atoms with Crippen molar-refractivity contribution in [3.8, 4) is 22.5 Å². The number of nitrogens with one attached hydrogen (secondary N) is 3. The van der Waals surface area contributed by atoms with E-state index in [4.69, 9.17) is 28.2 Å². The number of halogens is 2. The smallest absolute Gasteiger partial charge is 0.317 e. The average Bonchev–Trinajstić information content (AvgIpc) is 3.40. The molecule has 1 saturated carbocycles. The van der Waals surface area contributed by atoms with Gasteiger partial charge in [-0.3, -0.25) is 0 Å². The van der Waals surface area contributed by atoms with E-state index >= 15 is 0 Å². The lowest BCUT2D eigenvalue weighted by Gasteiger charge is -2.14. The molecule has 160 valence electrons. The highest BCUT2D eigenvalue weighted by molar-refractivity contribution is 6.35. The number of carbonyl (C=O) groups is 1. The van der Waals surface area contributed by atoms with E-state index in [0.717, 1.165) is 53.5 Å². The largest absolute Gasteiger partial charge is 0.368 e. The van der Waals surface area contributed by atoms with Gasteiger partial charge < -0.3 is 20.5 Å². The molecule has 0 bridgehead atoms. The van der Waals surface area contributed by atoms with Gasteiger partial charge in [0.05, 0.1) is 16.4 Å².